The van der Waals surface area contributed by atoms with Crippen molar-refractivity contribution in [2.75, 3.05) is 24.5 Å². The Labute approximate surface area is 167 Å². The minimum Gasteiger partial charge on any atom is -0.356 e. The molecule has 28 heavy (non-hydrogen) atoms. The first kappa shape index (κ1) is 19.0. The number of amides is 1. The van der Waals surface area contributed by atoms with Gasteiger partial charge in [0.2, 0.25) is 5.91 Å². The number of aromatic amines is 1. The van der Waals surface area contributed by atoms with Gasteiger partial charge in [0, 0.05) is 50.1 Å². The van der Waals surface area contributed by atoms with Crippen LogP contribution in [-0.4, -0.2) is 40.7 Å². The maximum atomic E-state index is 12.2. The molecule has 1 saturated heterocycles. The van der Waals surface area contributed by atoms with Gasteiger partial charge < -0.3 is 10.2 Å². The van der Waals surface area contributed by atoms with Crippen LogP contribution in [0.3, 0.4) is 0 Å². The van der Waals surface area contributed by atoms with E-state index >= 15 is 0 Å². The molecule has 6 nitrogen and oxygen atoms in total. The average molecular weight is 382 g/mol. The molecule has 4 rings (SSSR count). The van der Waals surface area contributed by atoms with Gasteiger partial charge in [-0.3, -0.25) is 14.9 Å². The summed E-state index contributed by atoms with van der Waals surface area (Å²) in [6.07, 6.45) is 12.9. The van der Waals surface area contributed by atoms with Crippen LogP contribution >= 0.6 is 0 Å². The Morgan fingerprint density at radius 2 is 1.82 bits per heavy atom. The molecule has 2 aliphatic rings. The quantitative estimate of drug-likeness (QED) is 0.799. The number of piperidine rings is 1. The van der Waals surface area contributed by atoms with Gasteiger partial charge in [0.25, 0.3) is 0 Å². The van der Waals surface area contributed by atoms with Crippen LogP contribution in [0.2, 0.25) is 0 Å². The molecule has 0 atom stereocenters. The lowest BCUT2D eigenvalue weighted by Gasteiger charge is -2.32. The molecule has 2 fully saturated rings. The molecule has 1 amide bonds. The van der Waals surface area contributed by atoms with Crippen LogP contribution in [0.25, 0.3) is 11.3 Å². The Morgan fingerprint density at radius 3 is 2.57 bits per heavy atom. The zero-order valence-corrected chi connectivity index (χ0v) is 16.6. The number of anilines is 1. The summed E-state index contributed by atoms with van der Waals surface area (Å²) in [6, 6.07) is 6.08. The fourth-order valence-electron chi connectivity index (χ4n) is 4.50. The highest BCUT2D eigenvalue weighted by Crippen LogP contribution is 2.27. The molecule has 0 unspecified atom stereocenters. The van der Waals surface area contributed by atoms with Crippen LogP contribution in [0.4, 0.5) is 5.82 Å². The van der Waals surface area contributed by atoms with Gasteiger partial charge in [0.1, 0.15) is 0 Å². The van der Waals surface area contributed by atoms with E-state index < -0.39 is 0 Å². The van der Waals surface area contributed by atoms with Crippen molar-refractivity contribution in [1.82, 2.24) is 20.5 Å². The van der Waals surface area contributed by atoms with E-state index in [4.69, 9.17) is 0 Å². The molecule has 0 spiro atoms. The Balaban J connectivity index is 1.20. The SMILES string of the molecule is O=C(CC1CCCCC1)NCC1CCN(c2cc(-c3ccncc3)[nH]n2)CC1. The summed E-state index contributed by atoms with van der Waals surface area (Å²) in [4.78, 5) is 18.6. The second-order valence-electron chi connectivity index (χ2n) is 8.32. The molecule has 6 heteroatoms. The summed E-state index contributed by atoms with van der Waals surface area (Å²) in [5.74, 6) is 2.45. The smallest absolute Gasteiger partial charge is 0.220 e. The molecule has 2 aromatic rings. The predicted molar refractivity (Wildman–Crippen MR) is 111 cm³/mol. The molecule has 0 aromatic carbocycles. The van der Waals surface area contributed by atoms with Crippen molar-refractivity contribution in [3.63, 3.8) is 0 Å². The molecule has 1 aliphatic heterocycles. The number of H-pyrrole nitrogens is 1. The molecular weight excluding hydrogens is 350 g/mol. The standard InChI is InChI=1S/C22H31N5O/c28-22(14-17-4-2-1-3-5-17)24-16-18-8-12-27(13-9-18)21-15-20(25-26-21)19-6-10-23-11-7-19/h6-7,10-11,15,17-18H,1-5,8-9,12-14,16H2,(H,24,28)(H,25,26). The number of carbonyl (C=O) groups is 1. The largest absolute Gasteiger partial charge is 0.356 e. The highest BCUT2D eigenvalue weighted by molar-refractivity contribution is 5.76. The van der Waals surface area contributed by atoms with Crippen molar-refractivity contribution in [2.24, 2.45) is 11.8 Å². The Morgan fingerprint density at radius 1 is 1.07 bits per heavy atom. The van der Waals surface area contributed by atoms with Gasteiger partial charge in [-0.25, -0.2) is 0 Å². The number of hydrogen-bond acceptors (Lipinski definition) is 4. The monoisotopic (exact) mass is 381 g/mol. The number of nitrogens with one attached hydrogen (secondary N) is 2. The summed E-state index contributed by atoms with van der Waals surface area (Å²) in [7, 11) is 0. The maximum absolute atomic E-state index is 12.2. The second kappa shape index (κ2) is 9.22. The van der Waals surface area contributed by atoms with E-state index in [-0.39, 0.29) is 5.91 Å². The number of pyridine rings is 1. The molecule has 2 N–H and O–H groups in total. The first-order valence-electron chi connectivity index (χ1n) is 10.8. The summed E-state index contributed by atoms with van der Waals surface area (Å²) < 4.78 is 0. The molecule has 0 bridgehead atoms. The van der Waals surface area contributed by atoms with Gasteiger partial charge in [-0.15, -0.1) is 0 Å². The van der Waals surface area contributed by atoms with Gasteiger partial charge >= 0.3 is 0 Å². The van der Waals surface area contributed by atoms with Crippen molar-refractivity contribution in [3.8, 4) is 11.3 Å². The predicted octanol–water partition coefficient (Wildman–Crippen LogP) is 3.77. The van der Waals surface area contributed by atoms with Crippen molar-refractivity contribution >= 4 is 11.7 Å². The normalized spacial score (nSPS) is 18.9. The molecule has 0 radical (unpaired) electrons. The van der Waals surface area contributed by atoms with Crippen LogP contribution in [0.1, 0.15) is 51.4 Å². The third kappa shape index (κ3) is 4.91. The van der Waals surface area contributed by atoms with E-state index in [0.717, 1.165) is 56.0 Å². The fraction of sp³-hybridized carbons (Fsp3) is 0.591. The van der Waals surface area contributed by atoms with Crippen LogP contribution < -0.4 is 10.2 Å². The Hall–Kier alpha value is -2.37. The Kier molecular flexibility index (Phi) is 6.24. The number of aromatic nitrogens is 3. The van der Waals surface area contributed by atoms with E-state index in [0.29, 0.717) is 11.8 Å². The molecule has 150 valence electrons. The van der Waals surface area contributed by atoms with Crippen LogP contribution in [0.5, 0.6) is 0 Å². The lowest BCUT2D eigenvalue weighted by atomic mass is 9.87. The summed E-state index contributed by atoms with van der Waals surface area (Å²) in [5, 5.41) is 10.8. The van der Waals surface area contributed by atoms with Gasteiger partial charge in [-0.1, -0.05) is 19.3 Å². The summed E-state index contributed by atoms with van der Waals surface area (Å²) in [6.45, 7) is 2.80. The van der Waals surface area contributed by atoms with E-state index in [2.05, 4.69) is 31.5 Å². The minimum absolute atomic E-state index is 0.253. The van der Waals surface area contributed by atoms with E-state index in [1.54, 1.807) is 12.4 Å². The molecular formula is C22H31N5O. The van der Waals surface area contributed by atoms with Gasteiger partial charge in [-0.05, 0) is 49.7 Å². The number of hydrogen-bond donors (Lipinski definition) is 2. The molecule has 1 aliphatic carbocycles. The van der Waals surface area contributed by atoms with Gasteiger partial charge in [0.15, 0.2) is 5.82 Å². The summed E-state index contributed by atoms with van der Waals surface area (Å²) >= 11 is 0. The van der Waals surface area contributed by atoms with Crippen molar-refractivity contribution < 1.29 is 4.79 Å². The van der Waals surface area contributed by atoms with Gasteiger partial charge in [-0.2, -0.15) is 5.10 Å². The topological polar surface area (TPSA) is 73.9 Å². The van der Waals surface area contributed by atoms with E-state index in [9.17, 15) is 4.79 Å². The van der Waals surface area contributed by atoms with Crippen molar-refractivity contribution in [2.45, 2.75) is 51.4 Å². The lowest BCUT2D eigenvalue weighted by molar-refractivity contribution is -0.122. The maximum Gasteiger partial charge on any atom is 0.220 e. The average Bonchev–Trinajstić information content (AvgIpc) is 3.24. The Bertz CT molecular complexity index is 745. The van der Waals surface area contributed by atoms with E-state index in [1.165, 1.54) is 32.1 Å². The van der Waals surface area contributed by atoms with Crippen LogP contribution in [0, 0.1) is 11.8 Å². The number of carbonyl (C=O) groups excluding carboxylic acids is 1. The lowest BCUT2D eigenvalue weighted by Crippen LogP contribution is -2.39. The van der Waals surface area contributed by atoms with E-state index in [1.807, 2.05) is 12.1 Å². The summed E-state index contributed by atoms with van der Waals surface area (Å²) in [5.41, 5.74) is 2.12. The van der Waals surface area contributed by atoms with Gasteiger partial charge in [0.05, 0.1) is 5.69 Å². The number of nitrogens with zero attached hydrogens (tertiary/aromatic N) is 3. The highest BCUT2D eigenvalue weighted by Gasteiger charge is 2.22. The third-order valence-electron chi connectivity index (χ3n) is 6.28. The third-order valence-corrected chi connectivity index (χ3v) is 6.28. The first-order chi connectivity index (χ1) is 13.8. The fourth-order valence-corrected chi connectivity index (χ4v) is 4.50. The zero-order chi connectivity index (χ0) is 19.2. The molecule has 1 saturated carbocycles. The van der Waals surface area contributed by atoms with Crippen LogP contribution in [-0.2, 0) is 4.79 Å². The van der Waals surface area contributed by atoms with Crippen molar-refractivity contribution in [3.05, 3.63) is 30.6 Å². The van der Waals surface area contributed by atoms with Crippen molar-refractivity contribution in [1.29, 1.82) is 0 Å². The molecule has 3 heterocycles. The highest BCUT2D eigenvalue weighted by atomic mass is 16.1. The zero-order valence-electron chi connectivity index (χ0n) is 16.6. The number of rotatable bonds is 6. The molecule has 2 aromatic heterocycles. The minimum atomic E-state index is 0.253. The first-order valence-corrected chi connectivity index (χ1v) is 10.8. The second-order valence-corrected chi connectivity index (χ2v) is 8.32. The van der Waals surface area contributed by atoms with Crippen LogP contribution in [0.15, 0.2) is 30.6 Å².